The first-order chi connectivity index (χ1) is 6.66. The number of hydrogen-bond acceptors (Lipinski definition) is 3. The van der Waals surface area contributed by atoms with Crippen molar-refractivity contribution in [3.63, 3.8) is 0 Å². The summed E-state index contributed by atoms with van der Waals surface area (Å²) in [6, 6.07) is 0.468. The lowest BCUT2D eigenvalue weighted by Gasteiger charge is -2.08. The third kappa shape index (κ3) is 9.48. The van der Waals surface area contributed by atoms with Crippen molar-refractivity contribution in [3.05, 3.63) is 0 Å². The molecule has 0 rings (SSSR count). The molecule has 0 bridgehead atoms. The SMILES string of the molecule is CCOCCC(=O)NCCNC(C)C. The predicted octanol–water partition coefficient (Wildman–Crippen LogP) is 0.527. The molecule has 0 aromatic rings. The Morgan fingerprint density at radius 3 is 2.64 bits per heavy atom. The van der Waals surface area contributed by atoms with Crippen LogP contribution in [0.2, 0.25) is 0 Å². The van der Waals surface area contributed by atoms with E-state index in [-0.39, 0.29) is 5.91 Å². The summed E-state index contributed by atoms with van der Waals surface area (Å²) >= 11 is 0. The summed E-state index contributed by atoms with van der Waals surface area (Å²) in [7, 11) is 0. The molecule has 0 saturated heterocycles. The molecule has 0 aromatic carbocycles. The Morgan fingerprint density at radius 1 is 1.36 bits per heavy atom. The largest absolute Gasteiger partial charge is 0.381 e. The summed E-state index contributed by atoms with van der Waals surface area (Å²) in [6.07, 6.45) is 0.454. The van der Waals surface area contributed by atoms with Gasteiger partial charge in [-0.05, 0) is 6.92 Å². The zero-order valence-electron chi connectivity index (χ0n) is 9.43. The van der Waals surface area contributed by atoms with Gasteiger partial charge in [0.05, 0.1) is 6.61 Å². The molecule has 1 amide bonds. The number of hydrogen-bond donors (Lipinski definition) is 2. The Kier molecular flexibility index (Phi) is 8.57. The fourth-order valence-corrected chi connectivity index (χ4v) is 0.960. The van der Waals surface area contributed by atoms with Crippen LogP contribution >= 0.6 is 0 Å². The predicted molar refractivity (Wildman–Crippen MR) is 57.3 cm³/mol. The average Bonchev–Trinajstić information content (AvgIpc) is 2.13. The average molecular weight is 202 g/mol. The molecule has 0 heterocycles. The van der Waals surface area contributed by atoms with Crippen LogP contribution in [0.15, 0.2) is 0 Å². The monoisotopic (exact) mass is 202 g/mol. The number of rotatable bonds is 8. The molecule has 4 heteroatoms. The smallest absolute Gasteiger partial charge is 0.222 e. The van der Waals surface area contributed by atoms with Gasteiger partial charge in [-0.1, -0.05) is 13.8 Å². The number of ether oxygens (including phenoxy) is 1. The van der Waals surface area contributed by atoms with E-state index in [2.05, 4.69) is 24.5 Å². The Hall–Kier alpha value is -0.610. The van der Waals surface area contributed by atoms with Crippen molar-refractivity contribution in [2.75, 3.05) is 26.3 Å². The van der Waals surface area contributed by atoms with Crippen molar-refractivity contribution >= 4 is 5.91 Å². The number of amides is 1. The fraction of sp³-hybridized carbons (Fsp3) is 0.900. The van der Waals surface area contributed by atoms with E-state index in [9.17, 15) is 4.79 Å². The molecule has 0 spiro atoms. The van der Waals surface area contributed by atoms with Crippen molar-refractivity contribution < 1.29 is 9.53 Å². The van der Waals surface area contributed by atoms with Gasteiger partial charge in [0, 0.05) is 32.2 Å². The zero-order valence-corrected chi connectivity index (χ0v) is 9.43. The zero-order chi connectivity index (χ0) is 10.8. The second kappa shape index (κ2) is 8.97. The summed E-state index contributed by atoms with van der Waals surface area (Å²) in [4.78, 5) is 11.1. The molecule has 0 aliphatic rings. The van der Waals surface area contributed by atoms with E-state index in [0.29, 0.717) is 32.2 Å². The van der Waals surface area contributed by atoms with Crippen molar-refractivity contribution in [3.8, 4) is 0 Å². The highest BCUT2D eigenvalue weighted by Gasteiger charge is 1.99. The van der Waals surface area contributed by atoms with Gasteiger partial charge in [-0.2, -0.15) is 0 Å². The van der Waals surface area contributed by atoms with Crippen LogP contribution in [-0.2, 0) is 9.53 Å². The number of carbonyl (C=O) groups is 1. The maximum absolute atomic E-state index is 11.1. The Balaban J connectivity index is 3.18. The second-order valence-corrected chi connectivity index (χ2v) is 3.41. The van der Waals surface area contributed by atoms with Crippen LogP contribution in [0.4, 0.5) is 0 Å². The molecule has 0 atom stereocenters. The minimum Gasteiger partial charge on any atom is -0.381 e. The maximum atomic E-state index is 11.1. The van der Waals surface area contributed by atoms with Gasteiger partial charge in [0.1, 0.15) is 0 Å². The van der Waals surface area contributed by atoms with Crippen LogP contribution in [0.1, 0.15) is 27.2 Å². The molecule has 0 unspecified atom stereocenters. The summed E-state index contributed by atoms with van der Waals surface area (Å²) in [5.41, 5.74) is 0. The second-order valence-electron chi connectivity index (χ2n) is 3.41. The Labute approximate surface area is 86.4 Å². The van der Waals surface area contributed by atoms with E-state index in [1.54, 1.807) is 0 Å². The molecule has 0 radical (unpaired) electrons. The highest BCUT2D eigenvalue weighted by atomic mass is 16.5. The summed E-state index contributed by atoms with van der Waals surface area (Å²) in [6.45, 7) is 8.77. The minimum atomic E-state index is 0.0593. The van der Waals surface area contributed by atoms with Crippen LogP contribution in [0.5, 0.6) is 0 Å². The molecule has 2 N–H and O–H groups in total. The van der Waals surface area contributed by atoms with Crippen molar-refractivity contribution in [2.24, 2.45) is 0 Å². The van der Waals surface area contributed by atoms with Crippen molar-refractivity contribution in [1.82, 2.24) is 10.6 Å². The van der Waals surface area contributed by atoms with Crippen LogP contribution in [0.25, 0.3) is 0 Å². The standard InChI is InChI=1S/C10H22N2O2/c1-4-14-8-5-10(13)12-7-6-11-9(2)3/h9,11H,4-8H2,1-3H3,(H,12,13). The van der Waals surface area contributed by atoms with Crippen LogP contribution < -0.4 is 10.6 Å². The molecule has 14 heavy (non-hydrogen) atoms. The molecule has 0 fully saturated rings. The van der Waals surface area contributed by atoms with E-state index in [0.717, 1.165) is 6.54 Å². The summed E-state index contributed by atoms with van der Waals surface area (Å²) in [5, 5.41) is 6.04. The van der Waals surface area contributed by atoms with Gasteiger partial charge < -0.3 is 15.4 Å². The lowest BCUT2D eigenvalue weighted by molar-refractivity contribution is -0.122. The van der Waals surface area contributed by atoms with Gasteiger partial charge in [-0.3, -0.25) is 4.79 Å². The molecular weight excluding hydrogens is 180 g/mol. The van der Waals surface area contributed by atoms with E-state index in [1.807, 2.05) is 6.92 Å². The van der Waals surface area contributed by atoms with E-state index in [1.165, 1.54) is 0 Å². The third-order valence-electron chi connectivity index (χ3n) is 1.68. The fourth-order valence-electron chi connectivity index (χ4n) is 0.960. The first-order valence-corrected chi connectivity index (χ1v) is 5.24. The summed E-state index contributed by atoms with van der Waals surface area (Å²) < 4.78 is 5.07. The van der Waals surface area contributed by atoms with E-state index >= 15 is 0 Å². The first-order valence-electron chi connectivity index (χ1n) is 5.24. The molecule has 84 valence electrons. The van der Waals surface area contributed by atoms with Crippen LogP contribution in [0, 0.1) is 0 Å². The van der Waals surface area contributed by atoms with Crippen LogP contribution in [-0.4, -0.2) is 38.3 Å². The quantitative estimate of drug-likeness (QED) is 0.564. The lowest BCUT2D eigenvalue weighted by Crippen LogP contribution is -2.34. The Morgan fingerprint density at radius 2 is 2.07 bits per heavy atom. The van der Waals surface area contributed by atoms with Gasteiger partial charge >= 0.3 is 0 Å². The van der Waals surface area contributed by atoms with Crippen molar-refractivity contribution in [2.45, 2.75) is 33.2 Å². The topological polar surface area (TPSA) is 50.4 Å². The van der Waals surface area contributed by atoms with Gasteiger partial charge in [0.25, 0.3) is 0 Å². The van der Waals surface area contributed by atoms with Gasteiger partial charge in [0.15, 0.2) is 0 Å². The molecule has 0 saturated carbocycles. The number of nitrogens with one attached hydrogen (secondary N) is 2. The normalized spacial score (nSPS) is 10.6. The van der Waals surface area contributed by atoms with Gasteiger partial charge in [0.2, 0.25) is 5.91 Å². The Bertz CT molecular complexity index is 149. The lowest BCUT2D eigenvalue weighted by atomic mass is 10.4. The minimum absolute atomic E-state index is 0.0593. The highest BCUT2D eigenvalue weighted by Crippen LogP contribution is 1.82. The van der Waals surface area contributed by atoms with Crippen LogP contribution in [0.3, 0.4) is 0 Å². The first kappa shape index (κ1) is 13.4. The van der Waals surface area contributed by atoms with Gasteiger partial charge in [-0.15, -0.1) is 0 Å². The van der Waals surface area contributed by atoms with Gasteiger partial charge in [-0.25, -0.2) is 0 Å². The molecule has 0 aliphatic carbocycles. The molecule has 0 aromatic heterocycles. The molecular formula is C10H22N2O2. The summed E-state index contributed by atoms with van der Waals surface area (Å²) in [5.74, 6) is 0.0593. The number of carbonyl (C=O) groups excluding carboxylic acids is 1. The van der Waals surface area contributed by atoms with E-state index in [4.69, 9.17) is 4.74 Å². The van der Waals surface area contributed by atoms with E-state index < -0.39 is 0 Å². The molecule has 4 nitrogen and oxygen atoms in total. The third-order valence-corrected chi connectivity index (χ3v) is 1.68. The molecule has 0 aliphatic heterocycles. The van der Waals surface area contributed by atoms with Crippen molar-refractivity contribution in [1.29, 1.82) is 0 Å². The maximum Gasteiger partial charge on any atom is 0.222 e. The highest BCUT2D eigenvalue weighted by molar-refractivity contribution is 5.75.